The van der Waals surface area contributed by atoms with Crippen molar-refractivity contribution in [2.45, 2.75) is 23.9 Å². The maximum Gasteiger partial charge on any atom is 0.416 e. The Morgan fingerprint density at radius 1 is 1.13 bits per heavy atom. The average Bonchev–Trinajstić information content (AvgIpc) is 3.20. The third-order valence-corrected chi connectivity index (χ3v) is 6.12. The first-order valence-electron chi connectivity index (χ1n) is 9.00. The Labute approximate surface area is 171 Å². The van der Waals surface area contributed by atoms with E-state index in [2.05, 4.69) is 4.72 Å². The van der Waals surface area contributed by atoms with E-state index in [0.29, 0.717) is 18.8 Å². The lowest BCUT2D eigenvalue weighted by molar-refractivity contribution is -0.137. The molecule has 1 saturated heterocycles. The van der Waals surface area contributed by atoms with Gasteiger partial charge >= 0.3 is 6.18 Å². The highest BCUT2D eigenvalue weighted by atomic mass is 32.2. The van der Waals surface area contributed by atoms with Gasteiger partial charge in [-0.15, -0.1) is 0 Å². The molecule has 1 heterocycles. The number of halogens is 3. The molecule has 1 aliphatic rings. The van der Waals surface area contributed by atoms with E-state index in [0.717, 1.165) is 31.0 Å². The smallest absolute Gasteiger partial charge is 0.416 e. The molecule has 3 N–H and O–H groups in total. The molecule has 0 bridgehead atoms. The molecule has 2 aromatic carbocycles. The molecular formula is C19H20F3N3O4S. The highest BCUT2D eigenvalue weighted by Crippen LogP contribution is 2.37. The van der Waals surface area contributed by atoms with Gasteiger partial charge in [0.1, 0.15) is 5.75 Å². The van der Waals surface area contributed by atoms with Crippen molar-refractivity contribution in [3.63, 3.8) is 0 Å². The number of sulfonamides is 1. The number of hydrogen-bond acceptors (Lipinski definition) is 5. The van der Waals surface area contributed by atoms with Gasteiger partial charge in [-0.1, -0.05) is 0 Å². The summed E-state index contributed by atoms with van der Waals surface area (Å²) in [6.45, 7) is 1.21. The van der Waals surface area contributed by atoms with Crippen LogP contribution in [0.3, 0.4) is 0 Å². The minimum Gasteiger partial charge on any atom is -0.496 e. The van der Waals surface area contributed by atoms with Crippen LogP contribution >= 0.6 is 0 Å². The molecule has 1 fully saturated rings. The molecule has 30 heavy (non-hydrogen) atoms. The summed E-state index contributed by atoms with van der Waals surface area (Å²) >= 11 is 0. The number of nitrogens with one attached hydrogen (secondary N) is 1. The van der Waals surface area contributed by atoms with Crippen LogP contribution < -0.4 is 20.1 Å². The number of amides is 1. The fourth-order valence-electron chi connectivity index (χ4n) is 3.28. The first-order valence-corrected chi connectivity index (χ1v) is 10.5. The van der Waals surface area contributed by atoms with Crippen LogP contribution in [0.2, 0.25) is 0 Å². The number of hydrogen-bond donors (Lipinski definition) is 2. The van der Waals surface area contributed by atoms with Crippen LogP contribution in [0.5, 0.6) is 5.75 Å². The second kappa shape index (κ2) is 8.05. The summed E-state index contributed by atoms with van der Waals surface area (Å²) in [4.78, 5) is 13.1. The molecule has 0 atom stereocenters. The van der Waals surface area contributed by atoms with Crippen molar-refractivity contribution in [3.05, 3.63) is 47.5 Å². The van der Waals surface area contributed by atoms with E-state index >= 15 is 0 Å². The number of benzene rings is 2. The van der Waals surface area contributed by atoms with Gasteiger partial charge in [0, 0.05) is 13.1 Å². The average molecular weight is 443 g/mol. The first-order chi connectivity index (χ1) is 14.0. The van der Waals surface area contributed by atoms with E-state index in [1.807, 2.05) is 4.90 Å². The predicted octanol–water partition coefficient (Wildman–Crippen LogP) is 3.21. The van der Waals surface area contributed by atoms with E-state index in [9.17, 15) is 26.4 Å². The van der Waals surface area contributed by atoms with E-state index in [-0.39, 0.29) is 21.9 Å². The van der Waals surface area contributed by atoms with Gasteiger partial charge in [0.2, 0.25) is 0 Å². The number of nitrogens with zero attached hydrogens (tertiary/aromatic N) is 1. The maximum absolute atomic E-state index is 13.2. The van der Waals surface area contributed by atoms with Crippen molar-refractivity contribution >= 4 is 27.3 Å². The lowest BCUT2D eigenvalue weighted by Crippen LogP contribution is -2.22. The quantitative estimate of drug-likeness (QED) is 0.714. The summed E-state index contributed by atoms with van der Waals surface area (Å²) in [6.07, 6.45) is -2.93. The molecule has 0 unspecified atom stereocenters. The standard InChI is InChI=1S/C19H20F3N3O4S/c1-29-17-7-5-13(11-14(17)18(23)26)30(27,28)24-15-10-12(19(20,21)22)4-6-16(15)25-8-2-3-9-25/h4-7,10-11,24H,2-3,8-9H2,1H3,(H2,23,26). The Morgan fingerprint density at radius 2 is 1.80 bits per heavy atom. The van der Waals surface area contributed by atoms with Gasteiger partial charge in [-0.2, -0.15) is 13.2 Å². The topological polar surface area (TPSA) is 102 Å². The van der Waals surface area contributed by atoms with E-state index in [4.69, 9.17) is 10.5 Å². The second-order valence-electron chi connectivity index (χ2n) is 6.76. The number of anilines is 2. The lowest BCUT2D eigenvalue weighted by Gasteiger charge is -2.23. The molecule has 1 amide bonds. The number of ether oxygens (including phenoxy) is 1. The van der Waals surface area contributed by atoms with E-state index < -0.39 is 27.7 Å². The summed E-state index contributed by atoms with van der Waals surface area (Å²) in [7, 11) is -3.03. The number of carbonyl (C=O) groups is 1. The van der Waals surface area contributed by atoms with Gasteiger partial charge in [0.15, 0.2) is 0 Å². The number of carbonyl (C=O) groups excluding carboxylic acids is 1. The SMILES string of the molecule is COc1ccc(S(=O)(=O)Nc2cc(C(F)(F)F)ccc2N2CCCC2)cc1C(N)=O. The van der Waals surface area contributed by atoms with Crippen LogP contribution in [0.25, 0.3) is 0 Å². The van der Waals surface area contributed by atoms with Crippen molar-refractivity contribution < 1.29 is 31.1 Å². The Morgan fingerprint density at radius 3 is 2.37 bits per heavy atom. The number of alkyl halides is 3. The molecule has 0 radical (unpaired) electrons. The molecule has 2 aromatic rings. The highest BCUT2D eigenvalue weighted by Gasteiger charge is 2.32. The predicted molar refractivity (Wildman–Crippen MR) is 105 cm³/mol. The molecule has 0 spiro atoms. The molecule has 3 rings (SSSR count). The van der Waals surface area contributed by atoms with Gasteiger partial charge in [-0.25, -0.2) is 8.42 Å². The molecule has 1 aliphatic heterocycles. The fourth-order valence-corrected chi connectivity index (χ4v) is 4.37. The van der Waals surface area contributed by atoms with Gasteiger partial charge < -0.3 is 15.4 Å². The minimum atomic E-state index is -4.64. The third kappa shape index (κ3) is 4.45. The van der Waals surface area contributed by atoms with Gasteiger partial charge in [-0.3, -0.25) is 9.52 Å². The summed E-state index contributed by atoms with van der Waals surface area (Å²) in [6, 6.07) is 6.40. The molecule has 7 nitrogen and oxygen atoms in total. The summed E-state index contributed by atoms with van der Waals surface area (Å²) in [5.74, 6) is -0.820. The van der Waals surface area contributed by atoms with Crippen molar-refractivity contribution in [2.75, 3.05) is 29.8 Å². The zero-order valence-electron chi connectivity index (χ0n) is 16.0. The number of methoxy groups -OCH3 is 1. The van der Waals surface area contributed by atoms with Gasteiger partial charge in [-0.05, 0) is 49.2 Å². The van der Waals surface area contributed by atoms with Crippen LogP contribution in [0.1, 0.15) is 28.8 Å². The Bertz CT molecular complexity index is 1070. The normalized spacial score (nSPS) is 14.6. The molecular weight excluding hydrogens is 423 g/mol. The van der Waals surface area contributed by atoms with Crippen molar-refractivity contribution in [3.8, 4) is 5.75 Å². The summed E-state index contributed by atoms with van der Waals surface area (Å²) < 4.78 is 72.6. The minimum absolute atomic E-state index is 0.0817. The van der Waals surface area contributed by atoms with Crippen LogP contribution in [-0.2, 0) is 16.2 Å². The van der Waals surface area contributed by atoms with Crippen LogP contribution in [0.15, 0.2) is 41.3 Å². The number of nitrogens with two attached hydrogens (primary N) is 1. The zero-order valence-corrected chi connectivity index (χ0v) is 16.8. The molecule has 0 saturated carbocycles. The van der Waals surface area contributed by atoms with Crippen molar-refractivity contribution in [1.29, 1.82) is 0 Å². The molecule has 0 aromatic heterocycles. The summed E-state index contributed by atoms with van der Waals surface area (Å²) in [5, 5.41) is 0. The van der Waals surface area contributed by atoms with Crippen LogP contribution in [0.4, 0.5) is 24.5 Å². The molecule has 162 valence electrons. The van der Waals surface area contributed by atoms with E-state index in [1.165, 1.54) is 25.3 Å². The van der Waals surface area contributed by atoms with Crippen LogP contribution in [-0.4, -0.2) is 34.5 Å². The number of primary amides is 1. The largest absolute Gasteiger partial charge is 0.496 e. The second-order valence-corrected chi connectivity index (χ2v) is 8.44. The van der Waals surface area contributed by atoms with Crippen molar-refractivity contribution in [2.24, 2.45) is 5.73 Å². The van der Waals surface area contributed by atoms with E-state index in [1.54, 1.807) is 0 Å². The summed E-state index contributed by atoms with van der Waals surface area (Å²) in [5.41, 5.74) is 4.29. The molecule has 11 heteroatoms. The highest BCUT2D eigenvalue weighted by molar-refractivity contribution is 7.92. The van der Waals surface area contributed by atoms with Crippen LogP contribution in [0, 0.1) is 0 Å². The zero-order chi connectivity index (χ0) is 22.1. The maximum atomic E-state index is 13.2. The Balaban J connectivity index is 2.05. The molecule has 0 aliphatic carbocycles. The first kappa shape index (κ1) is 21.8. The van der Waals surface area contributed by atoms with Gasteiger partial charge in [0.25, 0.3) is 15.9 Å². The Kier molecular flexibility index (Phi) is 5.84. The van der Waals surface area contributed by atoms with Crippen molar-refractivity contribution in [1.82, 2.24) is 0 Å². The third-order valence-electron chi connectivity index (χ3n) is 4.76. The number of rotatable bonds is 6. The Hall–Kier alpha value is -2.95. The fraction of sp³-hybridized carbons (Fsp3) is 0.316. The monoisotopic (exact) mass is 443 g/mol. The van der Waals surface area contributed by atoms with Gasteiger partial charge in [0.05, 0.1) is 34.5 Å². The lowest BCUT2D eigenvalue weighted by atomic mass is 10.1.